The van der Waals surface area contributed by atoms with Crippen molar-refractivity contribution in [2.75, 3.05) is 0 Å². The zero-order valence-electron chi connectivity index (χ0n) is 34.0. The van der Waals surface area contributed by atoms with Crippen LogP contribution in [0.3, 0.4) is 0 Å². The molecule has 0 amide bonds. The third-order valence-corrected chi connectivity index (χ3v) is 12.3. The van der Waals surface area contributed by atoms with Crippen LogP contribution in [0.5, 0.6) is 0 Å². The van der Waals surface area contributed by atoms with Crippen LogP contribution in [0.15, 0.2) is 218 Å². The molecule has 0 spiro atoms. The topological polar surface area (TPSA) is 35.6 Å². The highest BCUT2D eigenvalue weighted by atomic mass is 15.0. The van der Waals surface area contributed by atoms with Crippen molar-refractivity contribution in [3.63, 3.8) is 0 Å². The average molecular weight is 793 g/mol. The molecular weight excluding hydrogens is 753 g/mol. The zero-order valence-corrected chi connectivity index (χ0v) is 34.0. The fourth-order valence-corrected chi connectivity index (χ4v) is 9.56. The number of para-hydroxylation sites is 3. The summed E-state index contributed by atoms with van der Waals surface area (Å²) < 4.78 is 4.97. The lowest BCUT2D eigenvalue weighted by Crippen LogP contribution is -2.03. The van der Waals surface area contributed by atoms with Crippen LogP contribution < -0.4 is 0 Å². The summed E-state index contributed by atoms with van der Waals surface area (Å²) in [6.45, 7) is 0. The summed E-state index contributed by atoms with van der Waals surface area (Å²) in [5.74, 6) is 0.712. The van der Waals surface area contributed by atoms with Gasteiger partial charge in [-0.3, -0.25) is 0 Å². The molecule has 1 aliphatic rings. The molecule has 8 aromatic carbocycles. The van der Waals surface area contributed by atoms with Gasteiger partial charge in [-0.1, -0.05) is 170 Å². The number of hydrogen-bond donors (Lipinski definition) is 0. The molecule has 0 radical (unpaired) electrons. The highest BCUT2D eigenvalue weighted by Gasteiger charge is 2.25. The fourth-order valence-electron chi connectivity index (χ4n) is 9.56. The Labute approximate surface area is 360 Å². The molecule has 0 saturated carbocycles. The highest BCUT2D eigenvalue weighted by Crippen LogP contribution is 2.47. The van der Waals surface area contributed by atoms with Gasteiger partial charge in [0.05, 0.1) is 39.1 Å². The zero-order chi connectivity index (χ0) is 41.0. The molecule has 0 aliphatic heterocycles. The first kappa shape index (κ1) is 35.8. The second-order valence-electron chi connectivity index (χ2n) is 16.0. The summed E-state index contributed by atoms with van der Waals surface area (Å²) in [4.78, 5) is 10.5. The van der Waals surface area contributed by atoms with Crippen molar-refractivity contribution >= 4 is 49.2 Å². The van der Waals surface area contributed by atoms with Crippen molar-refractivity contribution in [2.45, 2.75) is 12.8 Å². The van der Waals surface area contributed by atoms with E-state index in [-0.39, 0.29) is 0 Å². The van der Waals surface area contributed by atoms with Gasteiger partial charge >= 0.3 is 0 Å². The summed E-state index contributed by atoms with van der Waals surface area (Å²) in [6, 6.07) is 72.1. The first-order valence-corrected chi connectivity index (χ1v) is 21.4. The molecule has 62 heavy (non-hydrogen) atoms. The van der Waals surface area contributed by atoms with Crippen molar-refractivity contribution in [3.8, 4) is 56.3 Å². The van der Waals surface area contributed by atoms with Gasteiger partial charge < -0.3 is 9.13 Å². The van der Waals surface area contributed by atoms with Crippen molar-refractivity contribution in [1.29, 1.82) is 0 Å². The van der Waals surface area contributed by atoms with Gasteiger partial charge in [-0.25, -0.2) is 9.97 Å². The Morgan fingerprint density at radius 2 is 0.968 bits per heavy atom. The summed E-state index contributed by atoms with van der Waals surface area (Å²) in [7, 11) is 0. The normalized spacial score (nSPS) is 12.7. The predicted octanol–water partition coefficient (Wildman–Crippen LogP) is 15.1. The van der Waals surface area contributed by atoms with Gasteiger partial charge in [-0.15, -0.1) is 0 Å². The van der Waals surface area contributed by atoms with Crippen LogP contribution in [-0.4, -0.2) is 19.1 Å². The molecule has 0 atom stereocenters. The van der Waals surface area contributed by atoms with Gasteiger partial charge in [0.2, 0.25) is 0 Å². The van der Waals surface area contributed by atoms with Crippen molar-refractivity contribution in [3.05, 3.63) is 224 Å². The maximum absolute atomic E-state index is 5.37. The summed E-state index contributed by atoms with van der Waals surface area (Å²) in [5.41, 5.74) is 16.4. The second-order valence-corrected chi connectivity index (χ2v) is 16.0. The van der Waals surface area contributed by atoms with E-state index in [2.05, 4.69) is 221 Å². The van der Waals surface area contributed by atoms with Crippen LogP contribution in [0, 0.1) is 0 Å². The lowest BCUT2D eigenvalue weighted by molar-refractivity contribution is 1.03. The molecule has 0 N–H and O–H groups in total. The predicted molar refractivity (Wildman–Crippen MR) is 259 cm³/mol. The summed E-state index contributed by atoms with van der Waals surface area (Å²) in [6.07, 6.45) is 8.78. The Morgan fingerprint density at radius 3 is 1.61 bits per heavy atom. The summed E-state index contributed by atoms with van der Waals surface area (Å²) >= 11 is 0. The molecular formula is C58H40N4. The van der Waals surface area contributed by atoms with Gasteiger partial charge in [0, 0.05) is 49.5 Å². The van der Waals surface area contributed by atoms with Gasteiger partial charge in [-0.2, -0.15) is 0 Å². The SMILES string of the molecule is C1=CC(c2cc(-c3cc(-c4ccccc4)c(-n4c5ccccc5c5ccc6c(c7ccccc7n6-c6ccccc6)c54)c(-c4ccccc4)c3)nc(-c3ccccc3)n2)=CCC1. The van der Waals surface area contributed by atoms with E-state index >= 15 is 0 Å². The minimum Gasteiger partial charge on any atom is -0.309 e. The molecule has 12 rings (SSSR count). The molecule has 11 aromatic rings. The van der Waals surface area contributed by atoms with E-state index in [1.54, 1.807) is 0 Å². The van der Waals surface area contributed by atoms with E-state index < -0.39 is 0 Å². The first-order chi connectivity index (χ1) is 30.8. The van der Waals surface area contributed by atoms with E-state index in [0.717, 1.165) is 80.1 Å². The van der Waals surface area contributed by atoms with E-state index in [9.17, 15) is 0 Å². The highest BCUT2D eigenvalue weighted by molar-refractivity contribution is 6.26. The van der Waals surface area contributed by atoms with Crippen LogP contribution in [0.1, 0.15) is 18.5 Å². The van der Waals surface area contributed by atoms with Gasteiger partial charge in [0.15, 0.2) is 5.82 Å². The molecule has 0 fully saturated rings. The smallest absolute Gasteiger partial charge is 0.160 e. The largest absolute Gasteiger partial charge is 0.309 e. The number of allylic oxidation sites excluding steroid dienone is 4. The minimum atomic E-state index is 0.712. The molecule has 3 heterocycles. The van der Waals surface area contributed by atoms with E-state index in [0.29, 0.717) is 5.82 Å². The Balaban J connectivity index is 1.24. The Morgan fingerprint density at radius 1 is 0.403 bits per heavy atom. The Hall–Kier alpha value is -8.08. The van der Waals surface area contributed by atoms with Gasteiger partial charge in [0.25, 0.3) is 0 Å². The first-order valence-electron chi connectivity index (χ1n) is 21.4. The maximum Gasteiger partial charge on any atom is 0.160 e. The monoisotopic (exact) mass is 792 g/mol. The Kier molecular flexibility index (Phi) is 8.60. The van der Waals surface area contributed by atoms with Crippen molar-refractivity contribution in [1.82, 2.24) is 19.1 Å². The number of aromatic nitrogens is 4. The van der Waals surface area contributed by atoms with E-state index in [4.69, 9.17) is 9.97 Å². The van der Waals surface area contributed by atoms with Crippen LogP contribution in [0.4, 0.5) is 0 Å². The summed E-state index contributed by atoms with van der Waals surface area (Å²) in [5, 5.41) is 4.87. The van der Waals surface area contributed by atoms with Crippen molar-refractivity contribution < 1.29 is 0 Å². The number of benzene rings is 8. The lowest BCUT2D eigenvalue weighted by atomic mass is 9.91. The maximum atomic E-state index is 5.37. The number of fused-ring (bicyclic) bond motifs is 7. The molecule has 1 aliphatic carbocycles. The molecule has 0 bridgehead atoms. The second kappa shape index (κ2) is 14.9. The van der Waals surface area contributed by atoms with Crippen LogP contribution in [-0.2, 0) is 0 Å². The number of rotatable bonds is 7. The molecule has 4 nitrogen and oxygen atoms in total. The minimum absolute atomic E-state index is 0.712. The Bertz CT molecular complexity index is 3480. The van der Waals surface area contributed by atoms with Gasteiger partial charge in [-0.05, 0) is 78.1 Å². The number of hydrogen-bond acceptors (Lipinski definition) is 2. The molecule has 3 aromatic heterocycles. The molecule has 292 valence electrons. The third-order valence-electron chi connectivity index (χ3n) is 12.3. The van der Waals surface area contributed by atoms with E-state index in [1.807, 2.05) is 6.07 Å². The van der Waals surface area contributed by atoms with Crippen LogP contribution >= 0.6 is 0 Å². The quantitative estimate of drug-likeness (QED) is 0.161. The lowest BCUT2D eigenvalue weighted by Gasteiger charge is -2.22. The van der Waals surface area contributed by atoms with Gasteiger partial charge in [0.1, 0.15) is 0 Å². The fraction of sp³-hybridized carbons (Fsp3) is 0.0345. The van der Waals surface area contributed by atoms with Crippen LogP contribution in [0.2, 0.25) is 0 Å². The average Bonchev–Trinajstić information content (AvgIpc) is 3.87. The molecule has 4 heteroatoms. The van der Waals surface area contributed by atoms with Crippen LogP contribution in [0.25, 0.3) is 105 Å². The number of nitrogens with zero attached hydrogens (tertiary/aromatic N) is 4. The molecule has 0 unspecified atom stereocenters. The van der Waals surface area contributed by atoms with E-state index in [1.165, 1.54) is 38.1 Å². The third kappa shape index (κ3) is 5.91. The van der Waals surface area contributed by atoms with Crippen molar-refractivity contribution in [2.24, 2.45) is 0 Å². The standard InChI is InChI=1S/C58H40N4/c1-6-20-39(21-7-1)48-36-43(51-38-50(41-24-10-3-11-25-41)59-58(60-51)42-26-12-4-13-27-42)37-49(40-22-8-2-9-23-40)56(48)62-52-32-18-16-30-45(52)46-34-35-54-55(57(46)62)47-31-17-19-33-53(47)61(54)44-28-14-5-15-29-44/h1-2,4-10,12-38H,3,11H2. The molecule has 0 saturated heterocycles.